The summed E-state index contributed by atoms with van der Waals surface area (Å²) in [7, 11) is 0. The van der Waals surface area contributed by atoms with Crippen LogP contribution in [-0.2, 0) is 6.54 Å². The topological polar surface area (TPSA) is 58.0 Å². The lowest BCUT2D eigenvalue weighted by Crippen LogP contribution is -2.17. The zero-order valence-electron chi connectivity index (χ0n) is 14.0. The van der Waals surface area contributed by atoms with Gasteiger partial charge in [0.25, 0.3) is 5.56 Å². The number of benzene rings is 2. The minimum atomic E-state index is -0.434. The van der Waals surface area contributed by atoms with Crippen LogP contribution in [0.1, 0.15) is 49.8 Å². The van der Waals surface area contributed by atoms with E-state index in [0.29, 0.717) is 11.9 Å². The highest BCUT2D eigenvalue weighted by atomic mass is 16.3. The summed E-state index contributed by atoms with van der Waals surface area (Å²) in [6.45, 7) is 2.63. The molecular formula is C20H24N2O2. The van der Waals surface area contributed by atoms with Gasteiger partial charge < -0.3 is 5.11 Å². The fraction of sp³-hybridized carbons (Fsp3) is 0.350. The summed E-state index contributed by atoms with van der Waals surface area (Å²) in [6.07, 6.45) is 3.67. The first kappa shape index (κ1) is 16.5. The number of unbranched alkanes of at least 4 members (excludes halogenated alkanes) is 2. The van der Waals surface area contributed by atoms with Crippen molar-refractivity contribution in [1.82, 2.24) is 9.78 Å². The van der Waals surface area contributed by atoms with Crippen LogP contribution in [0.15, 0.2) is 53.3 Å². The molecule has 0 aliphatic carbocycles. The van der Waals surface area contributed by atoms with Crippen molar-refractivity contribution in [3.8, 4) is 0 Å². The Kier molecular flexibility index (Phi) is 5.16. The number of hydrogen-bond donors (Lipinski definition) is 2. The normalized spacial score (nSPS) is 12.6. The van der Waals surface area contributed by atoms with Crippen LogP contribution < -0.4 is 5.56 Å². The van der Waals surface area contributed by atoms with E-state index in [-0.39, 0.29) is 5.56 Å². The fourth-order valence-corrected chi connectivity index (χ4v) is 3.06. The summed E-state index contributed by atoms with van der Waals surface area (Å²) >= 11 is 0. The molecule has 0 aliphatic heterocycles. The highest BCUT2D eigenvalue weighted by molar-refractivity contribution is 5.77. The monoisotopic (exact) mass is 324 g/mol. The second-order valence-corrected chi connectivity index (χ2v) is 6.31. The maximum atomic E-state index is 12.4. The lowest BCUT2D eigenvalue weighted by molar-refractivity contribution is 0.163. The quantitative estimate of drug-likeness (QED) is 0.646. The van der Waals surface area contributed by atoms with Crippen LogP contribution in [0.2, 0.25) is 0 Å². The van der Waals surface area contributed by atoms with E-state index in [9.17, 15) is 9.90 Å². The number of nitrogens with zero attached hydrogens (tertiary/aromatic N) is 1. The standard InChI is InChI=1S/C20H24N2O2/c1-2-3-4-12-19(23)16-9-7-8-15(13-16)14-22-20(24)17-10-5-6-11-18(17)21-22/h5-11,13,19,21,23H,2-4,12,14H2,1H3. The maximum Gasteiger partial charge on any atom is 0.274 e. The molecule has 0 radical (unpaired) electrons. The zero-order valence-corrected chi connectivity index (χ0v) is 14.0. The number of H-pyrrole nitrogens is 1. The number of hydrogen-bond acceptors (Lipinski definition) is 2. The molecule has 0 saturated heterocycles. The Morgan fingerprint density at radius 2 is 1.96 bits per heavy atom. The minimum Gasteiger partial charge on any atom is -0.388 e. The van der Waals surface area contributed by atoms with Crippen molar-refractivity contribution in [2.24, 2.45) is 0 Å². The molecule has 4 heteroatoms. The third kappa shape index (κ3) is 3.60. The number of rotatable bonds is 7. The molecular weight excluding hydrogens is 300 g/mol. The van der Waals surface area contributed by atoms with Gasteiger partial charge in [-0.1, -0.05) is 62.6 Å². The van der Waals surface area contributed by atoms with E-state index in [0.717, 1.165) is 42.3 Å². The van der Waals surface area contributed by atoms with E-state index < -0.39 is 6.10 Å². The van der Waals surface area contributed by atoms with Crippen LogP contribution in [0.4, 0.5) is 0 Å². The Labute approximate surface area is 141 Å². The molecule has 2 N–H and O–H groups in total. The number of aromatic nitrogens is 2. The molecule has 1 heterocycles. The van der Waals surface area contributed by atoms with E-state index in [1.165, 1.54) is 0 Å². The Hall–Kier alpha value is -2.33. The molecule has 126 valence electrons. The lowest BCUT2D eigenvalue weighted by Gasteiger charge is -2.12. The van der Waals surface area contributed by atoms with E-state index in [2.05, 4.69) is 12.0 Å². The lowest BCUT2D eigenvalue weighted by atomic mass is 10.0. The van der Waals surface area contributed by atoms with Crippen molar-refractivity contribution in [2.75, 3.05) is 0 Å². The van der Waals surface area contributed by atoms with Gasteiger partial charge in [-0.2, -0.15) is 0 Å². The van der Waals surface area contributed by atoms with Crippen molar-refractivity contribution < 1.29 is 5.11 Å². The second kappa shape index (κ2) is 7.49. The first-order valence-electron chi connectivity index (χ1n) is 8.63. The van der Waals surface area contributed by atoms with Gasteiger partial charge in [0.15, 0.2) is 0 Å². The van der Waals surface area contributed by atoms with Crippen LogP contribution in [0.3, 0.4) is 0 Å². The van der Waals surface area contributed by atoms with E-state index in [1.54, 1.807) is 4.68 Å². The molecule has 1 atom stereocenters. The molecule has 3 rings (SSSR count). The highest BCUT2D eigenvalue weighted by Gasteiger charge is 2.10. The van der Waals surface area contributed by atoms with Gasteiger partial charge >= 0.3 is 0 Å². The van der Waals surface area contributed by atoms with Crippen LogP contribution in [0, 0.1) is 0 Å². The highest BCUT2D eigenvalue weighted by Crippen LogP contribution is 2.21. The number of nitrogens with one attached hydrogen (secondary N) is 1. The molecule has 0 saturated carbocycles. The summed E-state index contributed by atoms with van der Waals surface area (Å²) in [5, 5.41) is 14.2. The summed E-state index contributed by atoms with van der Waals surface area (Å²) in [4.78, 5) is 12.4. The summed E-state index contributed by atoms with van der Waals surface area (Å²) < 4.78 is 1.62. The molecule has 1 unspecified atom stereocenters. The van der Waals surface area contributed by atoms with Gasteiger partial charge in [-0.05, 0) is 29.7 Å². The van der Waals surface area contributed by atoms with Gasteiger partial charge in [-0.25, -0.2) is 4.68 Å². The Morgan fingerprint density at radius 3 is 2.75 bits per heavy atom. The van der Waals surface area contributed by atoms with Gasteiger partial charge in [-0.3, -0.25) is 9.89 Å². The Bertz CT molecular complexity index is 863. The molecule has 0 fully saturated rings. The third-order valence-electron chi connectivity index (χ3n) is 4.42. The zero-order chi connectivity index (χ0) is 16.9. The van der Waals surface area contributed by atoms with Crippen molar-refractivity contribution in [1.29, 1.82) is 0 Å². The number of para-hydroxylation sites is 1. The van der Waals surface area contributed by atoms with Gasteiger partial charge in [0.2, 0.25) is 0 Å². The predicted octanol–water partition coefficient (Wildman–Crippen LogP) is 3.99. The van der Waals surface area contributed by atoms with Gasteiger partial charge in [0.05, 0.1) is 23.6 Å². The van der Waals surface area contributed by atoms with E-state index >= 15 is 0 Å². The van der Waals surface area contributed by atoms with Crippen molar-refractivity contribution in [2.45, 2.75) is 45.3 Å². The van der Waals surface area contributed by atoms with E-state index in [1.807, 2.05) is 48.5 Å². The minimum absolute atomic E-state index is 0.0144. The van der Waals surface area contributed by atoms with Crippen LogP contribution in [0.25, 0.3) is 10.9 Å². The molecule has 2 aromatic carbocycles. The summed E-state index contributed by atoms with van der Waals surface area (Å²) in [6, 6.07) is 15.4. The first-order valence-corrected chi connectivity index (χ1v) is 8.63. The van der Waals surface area contributed by atoms with Crippen LogP contribution >= 0.6 is 0 Å². The molecule has 24 heavy (non-hydrogen) atoms. The number of fused-ring (bicyclic) bond motifs is 1. The number of aliphatic hydroxyl groups excluding tert-OH is 1. The summed E-state index contributed by atoms with van der Waals surface area (Å²) in [5.41, 5.74) is 2.77. The molecule has 0 bridgehead atoms. The number of aliphatic hydroxyl groups is 1. The van der Waals surface area contributed by atoms with Crippen molar-refractivity contribution in [3.05, 3.63) is 70.0 Å². The molecule has 4 nitrogen and oxygen atoms in total. The average molecular weight is 324 g/mol. The predicted molar refractivity (Wildman–Crippen MR) is 97.2 cm³/mol. The Morgan fingerprint density at radius 1 is 1.12 bits per heavy atom. The average Bonchev–Trinajstić information content (AvgIpc) is 2.91. The number of aromatic amines is 1. The van der Waals surface area contributed by atoms with Crippen molar-refractivity contribution in [3.63, 3.8) is 0 Å². The van der Waals surface area contributed by atoms with Crippen LogP contribution in [0.5, 0.6) is 0 Å². The molecule has 0 amide bonds. The van der Waals surface area contributed by atoms with E-state index in [4.69, 9.17) is 0 Å². The van der Waals surface area contributed by atoms with Gasteiger partial charge in [0, 0.05) is 0 Å². The first-order chi connectivity index (χ1) is 11.7. The Balaban J connectivity index is 1.78. The molecule has 1 aromatic heterocycles. The molecule has 0 aliphatic rings. The fourth-order valence-electron chi connectivity index (χ4n) is 3.06. The van der Waals surface area contributed by atoms with Gasteiger partial charge in [-0.15, -0.1) is 0 Å². The molecule has 0 spiro atoms. The van der Waals surface area contributed by atoms with Gasteiger partial charge in [0.1, 0.15) is 0 Å². The third-order valence-corrected chi connectivity index (χ3v) is 4.42. The largest absolute Gasteiger partial charge is 0.388 e. The van der Waals surface area contributed by atoms with Crippen molar-refractivity contribution >= 4 is 10.9 Å². The second-order valence-electron chi connectivity index (χ2n) is 6.31. The summed E-state index contributed by atoms with van der Waals surface area (Å²) in [5.74, 6) is 0. The SMILES string of the molecule is CCCCCC(O)c1cccc(Cn2[nH]c3ccccc3c2=O)c1. The molecule has 3 aromatic rings. The maximum absolute atomic E-state index is 12.4. The van der Waals surface area contributed by atoms with Crippen LogP contribution in [-0.4, -0.2) is 14.9 Å². The smallest absolute Gasteiger partial charge is 0.274 e.